The Morgan fingerprint density at radius 2 is 1.25 bits per heavy atom. The summed E-state index contributed by atoms with van der Waals surface area (Å²) in [5, 5.41) is 4.44. The van der Waals surface area contributed by atoms with Gasteiger partial charge in [0.1, 0.15) is 11.1 Å². The Bertz CT molecular complexity index is 3050. The summed E-state index contributed by atoms with van der Waals surface area (Å²) in [7, 11) is 0. The Morgan fingerprint density at radius 3 is 2.04 bits per heavy atom. The Balaban J connectivity index is 1.12. The van der Waals surface area contributed by atoms with E-state index in [1.165, 1.54) is 22.3 Å². The van der Waals surface area contributed by atoms with E-state index in [9.17, 15) is 0 Å². The lowest BCUT2D eigenvalue weighted by molar-refractivity contribution is 0.620. The zero-order valence-electron chi connectivity index (χ0n) is 31.5. The van der Waals surface area contributed by atoms with Gasteiger partial charge in [0.15, 0.2) is 11.2 Å². The summed E-state index contributed by atoms with van der Waals surface area (Å²) in [6.07, 6.45) is 6.65. The van der Waals surface area contributed by atoms with Gasteiger partial charge in [0.2, 0.25) is 5.89 Å². The van der Waals surface area contributed by atoms with Crippen molar-refractivity contribution in [3.63, 3.8) is 0 Å². The second kappa shape index (κ2) is 14.7. The monoisotopic (exact) mass is 734 g/mol. The minimum Gasteiger partial charge on any atom is -0.454 e. The zero-order valence-corrected chi connectivity index (χ0v) is 31.5. The number of nitrogens with zero attached hydrogens (tertiary/aromatic N) is 2. The predicted octanol–water partition coefficient (Wildman–Crippen LogP) is 14.7. The molecule has 10 rings (SSSR count). The highest BCUT2D eigenvalue weighted by molar-refractivity contribution is 6.21. The van der Waals surface area contributed by atoms with Crippen LogP contribution in [0.3, 0.4) is 0 Å². The third kappa shape index (κ3) is 6.37. The lowest BCUT2D eigenvalue weighted by Crippen LogP contribution is -2.17. The number of fused-ring (bicyclic) bond motifs is 5. The van der Waals surface area contributed by atoms with E-state index in [2.05, 4.69) is 188 Å². The van der Waals surface area contributed by atoms with Crippen LogP contribution < -0.4 is 4.90 Å². The molecule has 57 heavy (non-hydrogen) atoms. The van der Waals surface area contributed by atoms with Crippen LogP contribution in [0.1, 0.15) is 12.5 Å². The summed E-state index contributed by atoms with van der Waals surface area (Å²) >= 11 is 0. The molecule has 0 spiro atoms. The highest BCUT2D eigenvalue weighted by atomic mass is 16.3. The van der Waals surface area contributed by atoms with Crippen molar-refractivity contribution in [1.29, 1.82) is 0 Å². The van der Waals surface area contributed by atoms with Crippen molar-refractivity contribution in [2.75, 3.05) is 11.4 Å². The summed E-state index contributed by atoms with van der Waals surface area (Å²) in [4.78, 5) is 7.12. The van der Waals surface area contributed by atoms with Crippen LogP contribution in [0.2, 0.25) is 0 Å². The standard InChI is InChI=1S/C53H38N2O2/c1-2-36(37-15-5-3-6-16-37)20-14-34-55(43-32-30-39(31-33-43)38-17-7-4-8-18-38)51-45-21-10-9-19-42(45)35-46-50-44(22-13-25-49(50)56-52(46)51)40-26-28-41(29-27-40)53-54-47-23-11-12-24-48(47)57-53/h2-33,35H,34H2,1H3/b20-14-,36-2+. The normalized spacial score (nSPS) is 12.1. The SMILES string of the molecule is C/C=C(\C=C/CN(c1ccc(-c2ccccc2)cc1)c1c2ccccc2cc2c1oc1cccc(-c3ccc(-c4nc5ccccc5o4)cc3)c12)c1ccccc1. The van der Waals surface area contributed by atoms with Crippen LogP contribution in [0.5, 0.6) is 0 Å². The Kier molecular flexibility index (Phi) is 8.77. The van der Waals surface area contributed by atoms with E-state index in [-0.39, 0.29) is 0 Å². The first kappa shape index (κ1) is 34.1. The summed E-state index contributed by atoms with van der Waals surface area (Å²) in [6, 6.07) is 63.6. The highest BCUT2D eigenvalue weighted by Gasteiger charge is 2.23. The number of benzene rings is 8. The summed E-state index contributed by atoms with van der Waals surface area (Å²) < 4.78 is 13.1. The molecule has 0 bridgehead atoms. The molecule has 0 saturated carbocycles. The van der Waals surface area contributed by atoms with Crippen LogP contribution in [0.4, 0.5) is 11.4 Å². The molecule has 8 aromatic carbocycles. The lowest BCUT2D eigenvalue weighted by atomic mass is 9.96. The van der Waals surface area contributed by atoms with E-state index in [0.717, 1.165) is 71.9 Å². The largest absolute Gasteiger partial charge is 0.454 e. The van der Waals surface area contributed by atoms with Crippen molar-refractivity contribution in [1.82, 2.24) is 4.98 Å². The molecule has 2 aromatic heterocycles. The van der Waals surface area contributed by atoms with Gasteiger partial charge in [-0.25, -0.2) is 4.98 Å². The number of hydrogen-bond donors (Lipinski definition) is 0. The zero-order chi connectivity index (χ0) is 38.1. The van der Waals surface area contributed by atoms with Crippen molar-refractivity contribution in [3.05, 3.63) is 206 Å². The van der Waals surface area contributed by atoms with Crippen LogP contribution in [0.15, 0.2) is 209 Å². The number of rotatable bonds is 9. The number of anilines is 2. The maximum absolute atomic E-state index is 6.99. The molecule has 0 atom stereocenters. The molecular weight excluding hydrogens is 697 g/mol. The number of oxazole rings is 1. The van der Waals surface area contributed by atoms with Crippen molar-refractivity contribution in [3.8, 4) is 33.7 Å². The van der Waals surface area contributed by atoms with E-state index in [4.69, 9.17) is 13.8 Å². The Morgan fingerprint density at radius 1 is 0.579 bits per heavy atom. The van der Waals surface area contributed by atoms with Gasteiger partial charge in [0, 0.05) is 34.0 Å². The van der Waals surface area contributed by atoms with Crippen molar-refractivity contribution in [2.24, 2.45) is 0 Å². The second-order valence-corrected chi connectivity index (χ2v) is 14.2. The molecule has 272 valence electrons. The molecule has 0 amide bonds. The number of aromatic nitrogens is 1. The first-order valence-electron chi connectivity index (χ1n) is 19.4. The van der Waals surface area contributed by atoms with E-state index in [1.807, 2.05) is 24.3 Å². The Labute approximate surface area is 331 Å². The van der Waals surface area contributed by atoms with Crippen molar-refractivity contribution in [2.45, 2.75) is 6.92 Å². The van der Waals surface area contributed by atoms with E-state index in [1.54, 1.807) is 0 Å². The van der Waals surface area contributed by atoms with Crippen molar-refractivity contribution < 1.29 is 8.83 Å². The van der Waals surface area contributed by atoms with Gasteiger partial charge in [-0.3, -0.25) is 0 Å². The maximum atomic E-state index is 6.99. The minimum absolute atomic E-state index is 0.613. The van der Waals surface area contributed by atoms with E-state index in [0.29, 0.717) is 12.4 Å². The Hall–Kier alpha value is -7.43. The third-order valence-electron chi connectivity index (χ3n) is 10.8. The molecule has 0 saturated heterocycles. The van der Waals surface area contributed by atoms with Gasteiger partial charge in [-0.2, -0.15) is 0 Å². The smallest absolute Gasteiger partial charge is 0.227 e. The molecule has 0 radical (unpaired) electrons. The van der Waals surface area contributed by atoms with Gasteiger partial charge in [0.25, 0.3) is 0 Å². The molecular formula is C53H38N2O2. The number of hydrogen-bond acceptors (Lipinski definition) is 4. The molecule has 4 heteroatoms. The average Bonchev–Trinajstić information content (AvgIpc) is 3.89. The van der Waals surface area contributed by atoms with Gasteiger partial charge >= 0.3 is 0 Å². The van der Waals surface area contributed by atoms with Crippen LogP contribution >= 0.6 is 0 Å². The third-order valence-corrected chi connectivity index (χ3v) is 10.8. The quantitative estimate of drug-likeness (QED) is 0.139. The fourth-order valence-corrected chi connectivity index (χ4v) is 7.96. The minimum atomic E-state index is 0.613. The average molecular weight is 735 g/mol. The van der Waals surface area contributed by atoms with Crippen LogP contribution in [-0.2, 0) is 0 Å². The summed E-state index contributed by atoms with van der Waals surface area (Å²) in [5.41, 5.74) is 13.3. The van der Waals surface area contributed by atoms with Gasteiger partial charge in [-0.05, 0) is 94.2 Å². The molecule has 0 aliphatic rings. The summed E-state index contributed by atoms with van der Waals surface area (Å²) in [5.74, 6) is 0.613. The topological polar surface area (TPSA) is 42.4 Å². The van der Waals surface area contributed by atoms with E-state index < -0.39 is 0 Å². The van der Waals surface area contributed by atoms with Gasteiger partial charge in [-0.1, -0.05) is 152 Å². The van der Waals surface area contributed by atoms with Crippen LogP contribution in [0.25, 0.3) is 83.1 Å². The molecule has 0 aliphatic carbocycles. The number of furan rings is 1. The molecule has 0 aliphatic heterocycles. The number of allylic oxidation sites excluding steroid dienone is 3. The van der Waals surface area contributed by atoms with Gasteiger partial charge < -0.3 is 13.7 Å². The summed E-state index contributed by atoms with van der Waals surface area (Å²) in [6.45, 7) is 2.72. The lowest BCUT2D eigenvalue weighted by Gasteiger charge is -2.26. The van der Waals surface area contributed by atoms with Crippen LogP contribution in [-0.4, -0.2) is 11.5 Å². The fourth-order valence-electron chi connectivity index (χ4n) is 7.96. The molecule has 0 fully saturated rings. The highest BCUT2D eigenvalue weighted by Crippen LogP contribution is 2.46. The molecule has 0 unspecified atom stereocenters. The predicted molar refractivity (Wildman–Crippen MR) is 238 cm³/mol. The van der Waals surface area contributed by atoms with E-state index >= 15 is 0 Å². The first-order valence-corrected chi connectivity index (χ1v) is 19.4. The molecule has 0 N–H and O–H groups in total. The molecule has 4 nitrogen and oxygen atoms in total. The first-order chi connectivity index (χ1) is 28.2. The van der Waals surface area contributed by atoms with Gasteiger partial charge in [0.05, 0.1) is 5.69 Å². The molecule has 10 aromatic rings. The molecule has 2 heterocycles. The fraction of sp³-hybridized carbons (Fsp3) is 0.0377. The van der Waals surface area contributed by atoms with Crippen molar-refractivity contribution >= 4 is 60.8 Å². The second-order valence-electron chi connectivity index (χ2n) is 14.2. The maximum Gasteiger partial charge on any atom is 0.227 e. The van der Waals surface area contributed by atoms with Crippen LogP contribution in [0, 0.1) is 0 Å². The van der Waals surface area contributed by atoms with Gasteiger partial charge in [-0.15, -0.1) is 0 Å². The number of para-hydroxylation sites is 2.